The van der Waals surface area contributed by atoms with E-state index < -0.39 is 6.10 Å². The predicted molar refractivity (Wildman–Crippen MR) is 63.0 cm³/mol. The van der Waals surface area contributed by atoms with E-state index in [4.69, 9.17) is 11.6 Å². The van der Waals surface area contributed by atoms with Gasteiger partial charge >= 0.3 is 0 Å². The van der Waals surface area contributed by atoms with Crippen molar-refractivity contribution in [1.82, 2.24) is 0 Å². The molecule has 0 bridgehead atoms. The Morgan fingerprint density at radius 1 is 1.50 bits per heavy atom. The highest BCUT2D eigenvalue weighted by molar-refractivity contribution is 6.31. The van der Waals surface area contributed by atoms with E-state index in [1.54, 1.807) is 13.0 Å². The summed E-state index contributed by atoms with van der Waals surface area (Å²) in [7, 11) is 0. The molecule has 1 aliphatic rings. The number of aryl methyl sites for hydroxylation is 1. The van der Waals surface area contributed by atoms with E-state index in [1.807, 2.05) is 0 Å². The maximum Gasteiger partial charge on any atom is 0.127 e. The van der Waals surface area contributed by atoms with Crippen LogP contribution in [0.1, 0.15) is 37.5 Å². The first-order valence-corrected chi connectivity index (χ1v) is 5.84. The number of aliphatic hydroxyl groups is 1. The molecular weight excluding hydrogens is 227 g/mol. The fourth-order valence-corrected chi connectivity index (χ4v) is 2.43. The summed E-state index contributed by atoms with van der Waals surface area (Å²) >= 11 is 5.96. The summed E-state index contributed by atoms with van der Waals surface area (Å²) in [6, 6.07) is 2.93. The van der Waals surface area contributed by atoms with Crippen molar-refractivity contribution in [3.05, 3.63) is 34.1 Å². The van der Waals surface area contributed by atoms with E-state index in [0.717, 1.165) is 6.42 Å². The Bertz CT molecular complexity index is 428. The molecule has 1 nitrogen and oxygen atoms in total. The Hall–Kier alpha value is -0.600. The maximum atomic E-state index is 13.2. The number of aliphatic hydroxyl groups excluding tert-OH is 1. The van der Waals surface area contributed by atoms with E-state index in [9.17, 15) is 9.50 Å². The van der Waals surface area contributed by atoms with Gasteiger partial charge in [0.05, 0.1) is 6.10 Å². The van der Waals surface area contributed by atoms with Crippen molar-refractivity contribution in [2.45, 2.75) is 33.3 Å². The van der Waals surface area contributed by atoms with Gasteiger partial charge in [0, 0.05) is 5.02 Å². The van der Waals surface area contributed by atoms with Crippen molar-refractivity contribution in [1.29, 1.82) is 0 Å². The molecule has 1 N–H and O–H groups in total. The summed E-state index contributed by atoms with van der Waals surface area (Å²) in [5, 5.41) is 10.5. The quantitative estimate of drug-likeness (QED) is 0.835. The highest BCUT2D eigenvalue weighted by Gasteiger charge is 2.50. The minimum atomic E-state index is -0.582. The molecule has 2 rings (SSSR count). The second-order valence-electron chi connectivity index (χ2n) is 5.37. The van der Waals surface area contributed by atoms with E-state index >= 15 is 0 Å². The molecule has 0 amide bonds. The van der Waals surface area contributed by atoms with E-state index in [-0.39, 0.29) is 17.2 Å². The molecule has 0 saturated heterocycles. The molecule has 1 fully saturated rings. The summed E-state index contributed by atoms with van der Waals surface area (Å²) in [5.74, 6) is -0.0918. The van der Waals surface area contributed by atoms with Crippen LogP contribution in [0, 0.1) is 24.1 Å². The van der Waals surface area contributed by atoms with Crippen LogP contribution in [-0.2, 0) is 0 Å². The number of hydrogen-bond donors (Lipinski definition) is 1. The van der Waals surface area contributed by atoms with Gasteiger partial charge in [-0.3, -0.25) is 0 Å². The molecule has 88 valence electrons. The standard InChI is InChI=1S/C13H16ClFO/c1-7-4-8(10(14)5-11(7)15)12(16)9-6-13(9,2)3/h4-5,9,12,16H,6H2,1-3H3. The van der Waals surface area contributed by atoms with Crippen LogP contribution in [0.15, 0.2) is 12.1 Å². The Kier molecular flexibility index (Phi) is 2.75. The summed E-state index contributed by atoms with van der Waals surface area (Å²) in [6.07, 6.45) is 0.405. The van der Waals surface area contributed by atoms with Gasteiger partial charge in [0.1, 0.15) is 5.82 Å². The zero-order valence-corrected chi connectivity index (χ0v) is 10.5. The van der Waals surface area contributed by atoms with Gasteiger partial charge in [0.2, 0.25) is 0 Å². The Morgan fingerprint density at radius 3 is 2.56 bits per heavy atom. The SMILES string of the molecule is Cc1cc(C(O)C2CC2(C)C)c(Cl)cc1F. The number of rotatable bonds is 2. The third kappa shape index (κ3) is 1.96. The van der Waals surface area contributed by atoms with Gasteiger partial charge in [-0.2, -0.15) is 0 Å². The minimum Gasteiger partial charge on any atom is -0.388 e. The van der Waals surface area contributed by atoms with Crippen molar-refractivity contribution >= 4 is 11.6 Å². The fraction of sp³-hybridized carbons (Fsp3) is 0.538. The molecule has 1 aromatic rings. The van der Waals surface area contributed by atoms with Crippen molar-refractivity contribution in [2.75, 3.05) is 0 Å². The molecule has 1 aromatic carbocycles. The topological polar surface area (TPSA) is 20.2 Å². The van der Waals surface area contributed by atoms with Crippen LogP contribution in [0.3, 0.4) is 0 Å². The zero-order valence-electron chi connectivity index (χ0n) is 9.72. The lowest BCUT2D eigenvalue weighted by Crippen LogP contribution is -2.06. The van der Waals surface area contributed by atoms with Gasteiger partial charge in [-0.1, -0.05) is 25.4 Å². The van der Waals surface area contributed by atoms with Crippen LogP contribution in [0.4, 0.5) is 4.39 Å². The Labute approximate surface area is 100 Å². The molecular formula is C13H16ClFO. The second-order valence-corrected chi connectivity index (χ2v) is 5.77. The van der Waals surface area contributed by atoms with Gasteiger partial charge in [-0.05, 0) is 47.9 Å². The highest BCUT2D eigenvalue weighted by atomic mass is 35.5. The van der Waals surface area contributed by atoms with Crippen LogP contribution in [-0.4, -0.2) is 5.11 Å². The van der Waals surface area contributed by atoms with Gasteiger partial charge in [-0.15, -0.1) is 0 Å². The summed E-state index contributed by atoms with van der Waals surface area (Å²) in [4.78, 5) is 0. The third-order valence-electron chi connectivity index (χ3n) is 3.57. The predicted octanol–water partition coefficient (Wildman–Crippen LogP) is 3.87. The molecule has 0 heterocycles. The van der Waals surface area contributed by atoms with Crippen molar-refractivity contribution in [3.63, 3.8) is 0 Å². The molecule has 2 atom stereocenters. The van der Waals surface area contributed by atoms with E-state index in [1.165, 1.54) is 6.07 Å². The van der Waals surface area contributed by atoms with E-state index in [0.29, 0.717) is 16.1 Å². The first kappa shape index (κ1) is 11.9. The second kappa shape index (κ2) is 3.71. The Morgan fingerprint density at radius 2 is 2.06 bits per heavy atom. The van der Waals surface area contributed by atoms with Crippen molar-refractivity contribution < 1.29 is 9.50 Å². The van der Waals surface area contributed by atoms with Gasteiger partial charge in [-0.25, -0.2) is 4.39 Å². The first-order valence-electron chi connectivity index (χ1n) is 5.46. The van der Waals surface area contributed by atoms with Gasteiger partial charge in [0.25, 0.3) is 0 Å². The van der Waals surface area contributed by atoms with Crippen LogP contribution in [0.25, 0.3) is 0 Å². The molecule has 3 heteroatoms. The molecule has 0 radical (unpaired) electrons. The summed E-state index contributed by atoms with van der Waals surface area (Å²) in [5.41, 5.74) is 1.35. The largest absolute Gasteiger partial charge is 0.388 e. The summed E-state index contributed by atoms with van der Waals surface area (Å²) < 4.78 is 13.2. The number of hydrogen-bond acceptors (Lipinski definition) is 1. The van der Waals surface area contributed by atoms with E-state index in [2.05, 4.69) is 13.8 Å². The molecule has 1 saturated carbocycles. The van der Waals surface area contributed by atoms with Crippen molar-refractivity contribution in [2.24, 2.45) is 11.3 Å². The van der Waals surface area contributed by atoms with Crippen molar-refractivity contribution in [3.8, 4) is 0 Å². The number of halogens is 2. The minimum absolute atomic E-state index is 0.172. The van der Waals surface area contributed by atoms with Crippen LogP contribution >= 0.6 is 11.6 Å². The number of benzene rings is 1. The highest BCUT2D eigenvalue weighted by Crippen LogP contribution is 2.58. The third-order valence-corrected chi connectivity index (χ3v) is 3.89. The summed E-state index contributed by atoms with van der Waals surface area (Å²) in [6.45, 7) is 5.91. The molecule has 1 aliphatic carbocycles. The fourth-order valence-electron chi connectivity index (χ4n) is 2.17. The van der Waals surface area contributed by atoms with Crippen LogP contribution in [0.2, 0.25) is 5.02 Å². The van der Waals surface area contributed by atoms with Crippen LogP contribution < -0.4 is 0 Å². The monoisotopic (exact) mass is 242 g/mol. The Balaban J connectivity index is 2.31. The lowest BCUT2D eigenvalue weighted by atomic mass is 9.98. The molecule has 16 heavy (non-hydrogen) atoms. The lowest BCUT2D eigenvalue weighted by molar-refractivity contribution is 0.138. The molecule has 0 spiro atoms. The average molecular weight is 243 g/mol. The van der Waals surface area contributed by atoms with Gasteiger partial charge < -0.3 is 5.11 Å². The normalized spacial score (nSPS) is 24.2. The average Bonchev–Trinajstić information content (AvgIpc) is 2.80. The first-order chi connectivity index (χ1) is 7.33. The van der Waals surface area contributed by atoms with Crippen LogP contribution in [0.5, 0.6) is 0 Å². The molecule has 2 unspecified atom stereocenters. The smallest absolute Gasteiger partial charge is 0.127 e. The zero-order chi connectivity index (χ0) is 12.1. The molecule has 0 aliphatic heterocycles. The van der Waals surface area contributed by atoms with Gasteiger partial charge in [0.15, 0.2) is 0 Å². The lowest BCUT2D eigenvalue weighted by Gasteiger charge is -2.15. The maximum absolute atomic E-state index is 13.2. The molecule has 0 aromatic heterocycles.